The number of fused-ring (bicyclic) bond motifs is 3. The molecule has 0 fully saturated rings. The van der Waals surface area contributed by atoms with E-state index in [0.29, 0.717) is 0 Å². The molecule has 0 bridgehead atoms. The Balaban J connectivity index is 1.77. The van der Waals surface area contributed by atoms with Crippen molar-refractivity contribution in [2.75, 3.05) is 0 Å². The molecular weight excluding hydrogens is 266 g/mol. The minimum absolute atomic E-state index is 1.11. The van der Waals surface area contributed by atoms with E-state index in [1.807, 2.05) is 46.8 Å². The molecule has 3 aromatic rings. The van der Waals surface area contributed by atoms with Crippen molar-refractivity contribution >= 4 is 27.9 Å². The molecule has 100 valence electrons. The van der Waals surface area contributed by atoms with E-state index in [9.17, 15) is 0 Å². The fourth-order valence-electron chi connectivity index (χ4n) is 2.78. The Bertz CT molecular complexity index is 768. The van der Waals surface area contributed by atoms with Crippen molar-refractivity contribution in [3.05, 3.63) is 52.7 Å². The van der Waals surface area contributed by atoms with Crippen molar-refractivity contribution in [3.8, 4) is 0 Å². The molecule has 20 heavy (non-hydrogen) atoms. The van der Waals surface area contributed by atoms with Crippen molar-refractivity contribution in [1.29, 1.82) is 0 Å². The Kier molecular flexibility index (Phi) is 2.89. The highest BCUT2D eigenvalue weighted by molar-refractivity contribution is 7.18. The Morgan fingerprint density at radius 3 is 2.90 bits per heavy atom. The van der Waals surface area contributed by atoms with Crippen molar-refractivity contribution in [3.63, 3.8) is 0 Å². The van der Waals surface area contributed by atoms with Crippen LogP contribution in [0.25, 0.3) is 10.3 Å². The van der Waals surface area contributed by atoms with E-state index in [-0.39, 0.29) is 0 Å². The summed E-state index contributed by atoms with van der Waals surface area (Å²) in [7, 11) is 0. The van der Waals surface area contributed by atoms with E-state index in [1.54, 1.807) is 0 Å². The predicted octanol–water partition coefficient (Wildman–Crippen LogP) is 3.86. The van der Waals surface area contributed by atoms with Gasteiger partial charge in [-0.2, -0.15) is 5.10 Å². The molecule has 0 unspecified atom stereocenters. The second-order valence-electron chi connectivity index (χ2n) is 5.11. The number of hydrogen-bond acceptors (Lipinski definition) is 3. The van der Waals surface area contributed by atoms with E-state index < -0.39 is 0 Å². The molecule has 0 amide bonds. The molecule has 4 heteroatoms. The van der Waals surface area contributed by atoms with Crippen molar-refractivity contribution in [2.45, 2.75) is 25.7 Å². The molecule has 0 saturated carbocycles. The van der Waals surface area contributed by atoms with Gasteiger partial charge in [-0.25, -0.2) is 9.66 Å². The van der Waals surface area contributed by atoms with Crippen LogP contribution in [0, 0.1) is 0 Å². The van der Waals surface area contributed by atoms with Gasteiger partial charge in [-0.1, -0.05) is 30.3 Å². The molecule has 0 N–H and O–H groups in total. The maximum absolute atomic E-state index is 4.58. The van der Waals surface area contributed by atoms with Gasteiger partial charge < -0.3 is 0 Å². The Morgan fingerprint density at radius 2 is 2.00 bits per heavy atom. The van der Waals surface area contributed by atoms with Crippen LogP contribution in [0.15, 0.2) is 41.8 Å². The zero-order chi connectivity index (χ0) is 13.4. The molecule has 4 rings (SSSR count). The quantitative estimate of drug-likeness (QED) is 0.656. The third-order valence-electron chi connectivity index (χ3n) is 3.77. The number of rotatable bonds is 2. The van der Waals surface area contributed by atoms with Crippen LogP contribution in [-0.2, 0) is 12.8 Å². The maximum atomic E-state index is 4.58. The van der Waals surface area contributed by atoms with E-state index in [4.69, 9.17) is 0 Å². The number of aromatic nitrogens is 2. The fraction of sp³-hybridized carbons (Fsp3) is 0.250. The van der Waals surface area contributed by atoms with Crippen LogP contribution in [0.5, 0.6) is 0 Å². The molecule has 0 radical (unpaired) electrons. The van der Waals surface area contributed by atoms with Crippen molar-refractivity contribution in [2.24, 2.45) is 5.10 Å². The van der Waals surface area contributed by atoms with Gasteiger partial charge in [0.2, 0.25) is 0 Å². The third kappa shape index (κ3) is 1.96. The highest BCUT2D eigenvalue weighted by Crippen LogP contribution is 2.35. The summed E-state index contributed by atoms with van der Waals surface area (Å²) in [6.45, 7) is 0. The minimum atomic E-state index is 1.11. The molecule has 1 aromatic carbocycles. The van der Waals surface area contributed by atoms with E-state index >= 15 is 0 Å². The minimum Gasteiger partial charge on any atom is -0.224 e. The molecule has 1 aliphatic carbocycles. The number of benzene rings is 1. The molecule has 0 spiro atoms. The average molecular weight is 281 g/mol. The van der Waals surface area contributed by atoms with Crippen molar-refractivity contribution < 1.29 is 0 Å². The monoisotopic (exact) mass is 281 g/mol. The lowest BCUT2D eigenvalue weighted by Gasteiger charge is -2.10. The Labute approximate surface area is 121 Å². The van der Waals surface area contributed by atoms with Crippen LogP contribution in [-0.4, -0.2) is 15.9 Å². The van der Waals surface area contributed by atoms with Gasteiger partial charge in [-0.15, -0.1) is 11.3 Å². The third-order valence-corrected chi connectivity index (χ3v) is 4.96. The summed E-state index contributed by atoms with van der Waals surface area (Å²) in [6.07, 6.45) is 8.69. The lowest BCUT2D eigenvalue weighted by atomic mass is 9.99. The topological polar surface area (TPSA) is 30.2 Å². The summed E-state index contributed by atoms with van der Waals surface area (Å²) in [5, 5.41) is 4.58. The van der Waals surface area contributed by atoms with Gasteiger partial charge in [0.05, 0.1) is 6.21 Å². The smallest absolute Gasteiger partial charge is 0.144 e. The molecule has 3 nitrogen and oxygen atoms in total. The summed E-state index contributed by atoms with van der Waals surface area (Å²) in [5.41, 5.74) is 3.80. The largest absolute Gasteiger partial charge is 0.224 e. The highest BCUT2D eigenvalue weighted by Gasteiger charge is 2.19. The number of imidazole rings is 1. The van der Waals surface area contributed by atoms with Crippen molar-refractivity contribution in [1.82, 2.24) is 9.66 Å². The standard InChI is InChI=1S/C16H15N3S/c1-2-6-12(7-3-1)10-18-19-11-17-16-15(19)13-8-4-5-9-14(13)20-16/h1-3,6-7,10-11H,4-5,8-9H2. The van der Waals surface area contributed by atoms with Gasteiger partial charge in [-0.3, -0.25) is 0 Å². The summed E-state index contributed by atoms with van der Waals surface area (Å²) < 4.78 is 1.93. The maximum Gasteiger partial charge on any atom is 0.144 e. The van der Waals surface area contributed by atoms with Gasteiger partial charge in [0.1, 0.15) is 16.7 Å². The molecular formula is C16H15N3S. The first kappa shape index (κ1) is 11.9. The number of thiophene rings is 1. The van der Waals surface area contributed by atoms with Gasteiger partial charge in [-0.05, 0) is 36.8 Å². The summed E-state index contributed by atoms with van der Waals surface area (Å²) in [6, 6.07) is 10.2. The van der Waals surface area contributed by atoms with Crippen LogP contribution >= 0.6 is 11.3 Å². The molecule has 1 aliphatic rings. The van der Waals surface area contributed by atoms with E-state index in [0.717, 1.165) is 10.4 Å². The van der Waals surface area contributed by atoms with E-state index in [1.165, 1.54) is 41.6 Å². The second-order valence-corrected chi connectivity index (χ2v) is 6.19. The van der Waals surface area contributed by atoms with Crippen LogP contribution in [0.1, 0.15) is 28.8 Å². The number of aryl methyl sites for hydroxylation is 2. The lowest BCUT2D eigenvalue weighted by Crippen LogP contribution is -2.00. The Hall–Kier alpha value is -1.94. The highest BCUT2D eigenvalue weighted by atomic mass is 32.1. The zero-order valence-corrected chi connectivity index (χ0v) is 11.9. The molecule has 2 aromatic heterocycles. The molecule has 0 saturated heterocycles. The van der Waals surface area contributed by atoms with Crippen LogP contribution < -0.4 is 0 Å². The summed E-state index contributed by atoms with van der Waals surface area (Å²) in [4.78, 5) is 7.14. The molecule has 0 aliphatic heterocycles. The normalized spacial score (nSPS) is 15.0. The predicted molar refractivity (Wildman–Crippen MR) is 83.7 cm³/mol. The van der Waals surface area contributed by atoms with Gasteiger partial charge in [0.25, 0.3) is 0 Å². The lowest BCUT2D eigenvalue weighted by molar-refractivity contribution is 0.696. The number of nitrogens with zero attached hydrogens (tertiary/aromatic N) is 3. The average Bonchev–Trinajstić information content (AvgIpc) is 3.05. The fourth-order valence-corrected chi connectivity index (χ4v) is 3.99. The number of hydrogen-bond donors (Lipinski definition) is 0. The SMILES string of the molecule is C(=Nn1cnc2sc3c(c21)CCCC3)c1ccccc1. The van der Waals surface area contributed by atoms with Gasteiger partial charge in [0.15, 0.2) is 0 Å². The van der Waals surface area contributed by atoms with Gasteiger partial charge >= 0.3 is 0 Å². The van der Waals surface area contributed by atoms with Gasteiger partial charge in [0, 0.05) is 4.88 Å². The first-order valence-electron chi connectivity index (χ1n) is 6.99. The summed E-state index contributed by atoms with van der Waals surface area (Å²) >= 11 is 1.84. The Morgan fingerprint density at radius 1 is 1.15 bits per heavy atom. The molecule has 0 atom stereocenters. The van der Waals surface area contributed by atoms with E-state index in [2.05, 4.69) is 22.2 Å². The zero-order valence-electron chi connectivity index (χ0n) is 11.1. The van der Waals surface area contributed by atoms with Crippen LogP contribution in [0.2, 0.25) is 0 Å². The first-order chi connectivity index (χ1) is 9.92. The van der Waals surface area contributed by atoms with Crippen LogP contribution in [0.3, 0.4) is 0 Å². The first-order valence-corrected chi connectivity index (χ1v) is 7.80. The summed E-state index contributed by atoms with van der Waals surface area (Å²) in [5.74, 6) is 0. The second kappa shape index (κ2) is 4.87. The van der Waals surface area contributed by atoms with Crippen LogP contribution in [0.4, 0.5) is 0 Å². The molecule has 2 heterocycles.